The third kappa shape index (κ3) is 8.05. The van der Waals surface area contributed by atoms with Gasteiger partial charge in [0.25, 0.3) is 0 Å². The van der Waals surface area contributed by atoms with Crippen molar-refractivity contribution in [2.75, 3.05) is 19.9 Å². The third-order valence-electron chi connectivity index (χ3n) is 6.54. The first kappa shape index (κ1) is 28.7. The molecule has 3 aromatic rings. The molecule has 0 saturated carbocycles. The average Bonchev–Trinajstić information content (AvgIpc) is 2.81. The molecule has 0 aromatic heterocycles. The number of hydrogen-bond acceptors (Lipinski definition) is 3. The summed E-state index contributed by atoms with van der Waals surface area (Å²) in [6.07, 6.45) is 2.61. The Labute approximate surface area is 223 Å². The van der Waals surface area contributed by atoms with Crippen LogP contribution in [0.4, 0.5) is 0 Å². The Morgan fingerprint density at radius 2 is 1.69 bits per heavy atom. The minimum absolute atomic E-state index is 0.00279. The first-order valence-electron chi connectivity index (χ1n) is 12.8. The van der Waals surface area contributed by atoms with E-state index in [1.54, 1.807) is 0 Å². The highest BCUT2D eigenvalue weighted by Crippen LogP contribution is 2.39. The van der Waals surface area contributed by atoms with Gasteiger partial charge in [0.2, 0.25) is 0 Å². The molecule has 0 aliphatic rings. The molecule has 194 valence electrons. The van der Waals surface area contributed by atoms with E-state index in [0.717, 1.165) is 35.2 Å². The summed E-state index contributed by atoms with van der Waals surface area (Å²) in [7, 11) is -0.579. The van der Waals surface area contributed by atoms with E-state index in [2.05, 4.69) is 58.6 Å². The molecule has 36 heavy (non-hydrogen) atoms. The molecule has 5 heteroatoms. The lowest BCUT2D eigenvalue weighted by atomic mass is 9.92. The molecular weight excluding hydrogens is 487 g/mol. The molecule has 0 saturated heterocycles. The van der Waals surface area contributed by atoms with Gasteiger partial charge in [-0.25, -0.2) is 0 Å². The lowest BCUT2D eigenvalue weighted by Gasteiger charge is -2.20. The van der Waals surface area contributed by atoms with Crippen LogP contribution in [0.15, 0.2) is 54.6 Å². The van der Waals surface area contributed by atoms with Gasteiger partial charge in [0, 0.05) is 32.4 Å². The van der Waals surface area contributed by atoms with Crippen molar-refractivity contribution in [3.63, 3.8) is 0 Å². The van der Waals surface area contributed by atoms with Crippen molar-refractivity contribution < 1.29 is 14.4 Å². The number of phenolic OH excluding ortho intramolecular Hbond substituents is 1. The van der Waals surface area contributed by atoms with E-state index in [1.165, 1.54) is 27.8 Å². The van der Waals surface area contributed by atoms with Crippen molar-refractivity contribution in [2.45, 2.75) is 65.6 Å². The maximum atomic E-state index is 10.2. The number of rotatable bonds is 12. The second-order valence-electron chi connectivity index (χ2n) is 9.84. The summed E-state index contributed by atoms with van der Waals surface area (Å²) in [6.45, 7) is 14.2. The zero-order chi connectivity index (χ0) is 26.2. The van der Waals surface area contributed by atoms with Gasteiger partial charge >= 0.3 is 0 Å². The van der Waals surface area contributed by atoms with Gasteiger partial charge in [-0.2, -0.15) is 0 Å². The summed E-state index contributed by atoms with van der Waals surface area (Å²) in [4.78, 5) is 0. The van der Waals surface area contributed by atoms with E-state index in [1.807, 2.05) is 37.3 Å². The van der Waals surface area contributed by atoms with Crippen molar-refractivity contribution in [1.29, 1.82) is 0 Å². The molecule has 3 nitrogen and oxygen atoms in total. The van der Waals surface area contributed by atoms with Crippen LogP contribution in [0.2, 0.25) is 5.02 Å². The largest absolute Gasteiger partial charge is 0.508 e. The van der Waals surface area contributed by atoms with Gasteiger partial charge in [0.1, 0.15) is 5.75 Å². The van der Waals surface area contributed by atoms with Crippen LogP contribution in [0.3, 0.4) is 0 Å². The van der Waals surface area contributed by atoms with Crippen LogP contribution in [0.25, 0.3) is 0 Å². The molecule has 3 aromatic carbocycles. The number of hydrogen-bond donors (Lipinski definition) is 1. The maximum absolute atomic E-state index is 10.2. The highest BCUT2D eigenvalue weighted by atomic mass is 35.5. The summed E-state index contributed by atoms with van der Waals surface area (Å²) in [5, 5.41) is 10.9. The second-order valence-corrected chi connectivity index (χ2v) is 12.1. The predicted octanol–water partition coefficient (Wildman–Crippen LogP) is 9.09. The summed E-state index contributed by atoms with van der Waals surface area (Å²) >= 11 is 6.18. The standard InChI is InChI=1S/C31H40ClO3P/c1-7-34-31(26-9-8-10-27(32)19-26)13-14-35-36(6)20-25-15-22(4)29(23(5)16-25)18-24-11-12-30(33)28(17-24)21(2)3/h8-12,15-17,19,21,31,33H,7,13-14,18,20H2,1-6H3. The van der Waals surface area contributed by atoms with Crippen molar-refractivity contribution in [3.05, 3.63) is 98.6 Å². The van der Waals surface area contributed by atoms with Gasteiger partial charge in [-0.15, -0.1) is 0 Å². The molecule has 2 atom stereocenters. The number of ether oxygens (including phenoxy) is 1. The highest BCUT2D eigenvalue weighted by molar-refractivity contribution is 7.50. The minimum Gasteiger partial charge on any atom is -0.508 e. The van der Waals surface area contributed by atoms with Crippen LogP contribution >= 0.6 is 19.7 Å². The second kappa shape index (κ2) is 13.6. The van der Waals surface area contributed by atoms with Crippen LogP contribution in [-0.2, 0) is 21.8 Å². The van der Waals surface area contributed by atoms with E-state index in [-0.39, 0.29) is 6.10 Å². The number of aryl methyl sites for hydroxylation is 2. The van der Waals surface area contributed by atoms with Gasteiger partial charge in [0.15, 0.2) is 0 Å². The topological polar surface area (TPSA) is 38.7 Å². The van der Waals surface area contributed by atoms with Gasteiger partial charge in [-0.1, -0.05) is 61.8 Å². The van der Waals surface area contributed by atoms with Crippen LogP contribution in [0.1, 0.15) is 78.2 Å². The van der Waals surface area contributed by atoms with E-state index >= 15 is 0 Å². The molecule has 0 aliphatic carbocycles. The van der Waals surface area contributed by atoms with Crippen LogP contribution in [0.5, 0.6) is 5.75 Å². The van der Waals surface area contributed by atoms with Crippen LogP contribution < -0.4 is 0 Å². The van der Waals surface area contributed by atoms with Crippen LogP contribution in [0, 0.1) is 13.8 Å². The fraction of sp³-hybridized carbons (Fsp3) is 0.419. The Kier molecular flexibility index (Phi) is 10.8. The lowest BCUT2D eigenvalue weighted by Crippen LogP contribution is -2.07. The first-order valence-corrected chi connectivity index (χ1v) is 15.1. The normalized spacial score (nSPS) is 13.2. The molecule has 0 aliphatic heterocycles. The molecule has 0 fully saturated rings. The quantitative estimate of drug-likeness (QED) is 0.239. The van der Waals surface area contributed by atoms with Gasteiger partial charge in [0.05, 0.1) is 12.7 Å². The Bertz CT molecular complexity index is 1120. The van der Waals surface area contributed by atoms with Crippen molar-refractivity contribution in [2.24, 2.45) is 0 Å². The molecule has 0 bridgehead atoms. The number of benzene rings is 3. The third-order valence-corrected chi connectivity index (χ3v) is 8.20. The van der Waals surface area contributed by atoms with Gasteiger partial charge < -0.3 is 14.4 Å². The Hall–Kier alpha value is -1.90. The maximum Gasteiger partial charge on any atom is 0.119 e. The molecule has 0 radical (unpaired) electrons. The SMILES string of the molecule is CCOC(CCOP(C)Cc1cc(C)c(Cc2ccc(O)c(C(C)C)c2)c(C)c1)c1cccc(Cl)c1. The smallest absolute Gasteiger partial charge is 0.119 e. The van der Waals surface area contributed by atoms with E-state index in [0.29, 0.717) is 24.9 Å². The Balaban J connectivity index is 1.60. The first-order chi connectivity index (χ1) is 17.2. The van der Waals surface area contributed by atoms with E-state index in [9.17, 15) is 5.11 Å². The molecule has 2 unspecified atom stereocenters. The van der Waals surface area contributed by atoms with Gasteiger partial charge in [-0.3, -0.25) is 0 Å². The van der Waals surface area contributed by atoms with Crippen molar-refractivity contribution in [3.8, 4) is 5.75 Å². The lowest BCUT2D eigenvalue weighted by molar-refractivity contribution is 0.0470. The summed E-state index contributed by atoms with van der Waals surface area (Å²) in [6, 6.07) is 18.5. The zero-order valence-corrected chi connectivity index (χ0v) is 24.1. The van der Waals surface area contributed by atoms with Crippen molar-refractivity contribution >= 4 is 19.7 Å². The Morgan fingerprint density at radius 1 is 0.972 bits per heavy atom. The fourth-order valence-corrected chi connectivity index (χ4v) is 6.11. The average molecular weight is 527 g/mol. The number of halogens is 1. The number of phenols is 1. The van der Waals surface area contributed by atoms with E-state index in [4.69, 9.17) is 20.9 Å². The summed E-state index contributed by atoms with van der Waals surface area (Å²) in [5.74, 6) is 0.682. The highest BCUT2D eigenvalue weighted by Gasteiger charge is 2.15. The molecule has 0 spiro atoms. The Morgan fingerprint density at radius 3 is 2.33 bits per heavy atom. The summed E-state index contributed by atoms with van der Waals surface area (Å²) in [5.41, 5.74) is 8.66. The zero-order valence-electron chi connectivity index (χ0n) is 22.5. The molecule has 1 N–H and O–H groups in total. The monoisotopic (exact) mass is 526 g/mol. The summed E-state index contributed by atoms with van der Waals surface area (Å²) < 4.78 is 12.2. The molecule has 0 amide bonds. The molecule has 3 rings (SSSR count). The van der Waals surface area contributed by atoms with Gasteiger partial charge in [-0.05, 0) is 96.9 Å². The van der Waals surface area contributed by atoms with Crippen molar-refractivity contribution in [1.82, 2.24) is 0 Å². The minimum atomic E-state index is -0.579. The molecule has 0 heterocycles. The van der Waals surface area contributed by atoms with Crippen LogP contribution in [-0.4, -0.2) is 25.0 Å². The van der Waals surface area contributed by atoms with E-state index < -0.39 is 8.15 Å². The molecular formula is C31H40ClO3P. The number of aromatic hydroxyl groups is 1. The fourth-order valence-electron chi connectivity index (χ4n) is 4.71. The predicted molar refractivity (Wildman–Crippen MR) is 154 cm³/mol.